The Kier molecular flexibility index (Phi) is 9.80. The average molecular weight is 573 g/mol. The lowest BCUT2D eigenvalue weighted by Crippen LogP contribution is -2.46. The van der Waals surface area contributed by atoms with E-state index in [9.17, 15) is 14.4 Å². The quantitative estimate of drug-likeness (QED) is 0.354. The molecule has 206 valence electrons. The van der Waals surface area contributed by atoms with Gasteiger partial charge in [-0.05, 0) is 37.6 Å². The van der Waals surface area contributed by atoms with E-state index in [0.29, 0.717) is 39.0 Å². The summed E-state index contributed by atoms with van der Waals surface area (Å²) in [5, 5.41) is 13.5. The van der Waals surface area contributed by atoms with Gasteiger partial charge in [-0.1, -0.05) is 59.6 Å². The van der Waals surface area contributed by atoms with E-state index in [1.807, 2.05) is 37.4 Å². The molecule has 0 aliphatic carbocycles. The number of amides is 3. The van der Waals surface area contributed by atoms with E-state index in [1.54, 1.807) is 34.0 Å². The molecule has 1 aliphatic heterocycles. The second-order valence-corrected chi connectivity index (χ2v) is 9.90. The average Bonchev–Trinajstić information content (AvgIpc) is 3.34. The summed E-state index contributed by atoms with van der Waals surface area (Å²) in [6, 6.07) is 14.1. The van der Waals surface area contributed by atoms with Crippen LogP contribution in [0.3, 0.4) is 0 Å². The number of rotatable bonds is 9. The second kappa shape index (κ2) is 13.5. The van der Waals surface area contributed by atoms with Crippen LogP contribution in [0.5, 0.6) is 0 Å². The number of hydrogen-bond donors (Lipinski definition) is 3. The highest BCUT2D eigenvalue weighted by Crippen LogP contribution is 2.26. The molecule has 10 nitrogen and oxygen atoms in total. The molecule has 12 heteroatoms. The van der Waals surface area contributed by atoms with Gasteiger partial charge in [0.2, 0.25) is 0 Å². The van der Waals surface area contributed by atoms with Crippen LogP contribution >= 0.6 is 23.2 Å². The molecule has 0 unspecified atom stereocenters. The number of benzene rings is 2. The maximum absolute atomic E-state index is 13.2. The molecular formula is C27H30Cl2N6O4. The van der Waals surface area contributed by atoms with Crippen LogP contribution in [0.25, 0.3) is 0 Å². The van der Waals surface area contributed by atoms with Crippen molar-refractivity contribution >= 4 is 46.8 Å². The van der Waals surface area contributed by atoms with Crippen molar-refractivity contribution in [3.05, 3.63) is 81.6 Å². The molecule has 39 heavy (non-hydrogen) atoms. The van der Waals surface area contributed by atoms with Crippen molar-refractivity contribution in [3.63, 3.8) is 0 Å². The zero-order valence-electron chi connectivity index (χ0n) is 21.5. The minimum Gasteiger partial charge on any atom is -0.445 e. The lowest BCUT2D eigenvalue weighted by molar-refractivity contribution is 0.0807. The first-order valence-electron chi connectivity index (χ1n) is 12.6. The van der Waals surface area contributed by atoms with Crippen LogP contribution in [0.4, 0.5) is 10.5 Å². The van der Waals surface area contributed by atoms with Crippen molar-refractivity contribution in [2.24, 2.45) is 0 Å². The zero-order valence-corrected chi connectivity index (χ0v) is 23.0. The van der Waals surface area contributed by atoms with Gasteiger partial charge in [-0.15, -0.1) is 0 Å². The predicted octanol–water partition coefficient (Wildman–Crippen LogP) is 4.19. The summed E-state index contributed by atoms with van der Waals surface area (Å²) >= 11 is 12.4. The van der Waals surface area contributed by atoms with Gasteiger partial charge in [-0.2, -0.15) is 5.10 Å². The second-order valence-electron chi connectivity index (χ2n) is 9.08. The Bertz CT molecular complexity index is 1290. The summed E-state index contributed by atoms with van der Waals surface area (Å²) in [6.07, 6.45) is 2.34. The summed E-state index contributed by atoms with van der Waals surface area (Å²) < 4.78 is 7.00. The molecule has 0 radical (unpaired) electrons. The number of anilines is 1. The molecular weight excluding hydrogens is 543 g/mol. The third-order valence-corrected chi connectivity index (χ3v) is 6.93. The summed E-state index contributed by atoms with van der Waals surface area (Å²) in [7, 11) is 1.81. The Hall–Kier alpha value is -3.60. The fourth-order valence-corrected chi connectivity index (χ4v) is 4.76. The molecule has 1 fully saturated rings. The maximum atomic E-state index is 13.2. The smallest absolute Gasteiger partial charge is 0.410 e. The van der Waals surface area contributed by atoms with Crippen molar-refractivity contribution in [2.75, 3.05) is 32.0 Å². The van der Waals surface area contributed by atoms with E-state index < -0.39 is 11.8 Å². The number of aromatic nitrogens is 2. The van der Waals surface area contributed by atoms with Crippen molar-refractivity contribution in [1.29, 1.82) is 0 Å². The van der Waals surface area contributed by atoms with Gasteiger partial charge < -0.3 is 25.6 Å². The number of carbonyl (C=O) groups excluding carboxylic acids is 3. The number of nitrogens with one attached hydrogen (secondary N) is 3. The molecule has 1 saturated heterocycles. The largest absolute Gasteiger partial charge is 0.445 e. The van der Waals surface area contributed by atoms with E-state index in [4.69, 9.17) is 27.9 Å². The molecule has 0 atom stereocenters. The third kappa shape index (κ3) is 7.50. The highest BCUT2D eigenvalue weighted by atomic mass is 35.5. The van der Waals surface area contributed by atoms with Crippen molar-refractivity contribution in [3.8, 4) is 0 Å². The highest BCUT2D eigenvalue weighted by Gasteiger charge is 2.27. The van der Waals surface area contributed by atoms with Crippen LogP contribution in [0.1, 0.15) is 39.3 Å². The minimum atomic E-state index is -0.546. The first kappa shape index (κ1) is 28.4. The van der Waals surface area contributed by atoms with Crippen molar-refractivity contribution < 1.29 is 19.1 Å². The van der Waals surface area contributed by atoms with E-state index >= 15 is 0 Å². The first-order chi connectivity index (χ1) is 18.9. The molecule has 4 rings (SSSR count). The van der Waals surface area contributed by atoms with Crippen molar-refractivity contribution in [2.45, 2.75) is 32.0 Å². The van der Waals surface area contributed by atoms with Gasteiger partial charge in [-0.3, -0.25) is 14.3 Å². The lowest BCUT2D eigenvalue weighted by atomic mass is 10.1. The van der Waals surface area contributed by atoms with Crippen LogP contribution in [-0.2, 0) is 17.9 Å². The Morgan fingerprint density at radius 3 is 2.36 bits per heavy atom. The van der Waals surface area contributed by atoms with E-state index in [2.05, 4.69) is 21.0 Å². The summed E-state index contributed by atoms with van der Waals surface area (Å²) in [5.41, 5.74) is 1.35. The van der Waals surface area contributed by atoms with Gasteiger partial charge >= 0.3 is 6.09 Å². The van der Waals surface area contributed by atoms with Gasteiger partial charge in [0.05, 0.1) is 27.8 Å². The standard InChI is InChI=1S/C27H30Cl2N6O4/c1-30-12-15-35-16-22(32-25(36)23-20(28)8-5-9-21(23)29)24(33-35)26(37)31-19-10-13-34(14-11-19)27(38)39-17-18-6-3-2-4-7-18/h2-9,16,19,30H,10-15,17H2,1H3,(H,31,37)(H,32,36). The van der Waals surface area contributed by atoms with E-state index in [0.717, 1.165) is 5.56 Å². The highest BCUT2D eigenvalue weighted by molar-refractivity contribution is 6.40. The molecule has 1 aliphatic rings. The van der Waals surface area contributed by atoms with Gasteiger partial charge in [0.1, 0.15) is 6.61 Å². The molecule has 3 amide bonds. The molecule has 0 saturated carbocycles. The number of likely N-dealkylation sites (tertiary alicyclic amines) is 1. The molecule has 3 N–H and O–H groups in total. The van der Waals surface area contributed by atoms with Crippen molar-refractivity contribution in [1.82, 2.24) is 25.3 Å². The molecule has 2 aromatic carbocycles. The number of halogens is 2. The van der Waals surface area contributed by atoms with Crippen LogP contribution in [0.2, 0.25) is 10.0 Å². The summed E-state index contributed by atoms with van der Waals surface area (Å²) in [4.78, 5) is 40.3. The Balaban J connectivity index is 1.37. The summed E-state index contributed by atoms with van der Waals surface area (Å²) in [5.74, 6) is -0.973. The third-order valence-electron chi connectivity index (χ3n) is 6.30. The van der Waals surface area contributed by atoms with Crippen LogP contribution < -0.4 is 16.0 Å². The Morgan fingerprint density at radius 1 is 1.00 bits per heavy atom. The van der Waals surface area contributed by atoms with E-state index in [-0.39, 0.29) is 45.7 Å². The number of piperidine rings is 1. The predicted molar refractivity (Wildman–Crippen MR) is 149 cm³/mol. The number of hydrogen-bond acceptors (Lipinski definition) is 6. The minimum absolute atomic E-state index is 0.0762. The topological polar surface area (TPSA) is 118 Å². The van der Waals surface area contributed by atoms with Gasteiger partial charge in [-0.25, -0.2) is 4.79 Å². The normalized spacial score (nSPS) is 13.7. The lowest BCUT2D eigenvalue weighted by Gasteiger charge is -2.31. The van der Waals surface area contributed by atoms with Gasteiger partial charge in [0, 0.05) is 31.9 Å². The monoisotopic (exact) mass is 572 g/mol. The molecule has 1 aromatic heterocycles. The molecule has 0 bridgehead atoms. The Morgan fingerprint density at radius 2 is 1.69 bits per heavy atom. The molecule has 3 aromatic rings. The number of carbonyl (C=O) groups is 3. The van der Waals surface area contributed by atoms with E-state index in [1.165, 1.54) is 0 Å². The van der Waals surface area contributed by atoms with Gasteiger partial charge in [0.25, 0.3) is 11.8 Å². The van der Waals surface area contributed by atoms with Crippen LogP contribution in [-0.4, -0.2) is 65.3 Å². The van der Waals surface area contributed by atoms with Gasteiger partial charge in [0.15, 0.2) is 5.69 Å². The number of likely N-dealkylation sites (N-methyl/N-ethyl adjacent to an activating group) is 1. The zero-order chi connectivity index (χ0) is 27.8. The summed E-state index contributed by atoms with van der Waals surface area (Å²) in [6.45, 7) is 2.21. The Labute approximate surface area is 236 Å². The fraction of sp³-hybridized carbons (Fsp3) is 0.333. The number of ether oxygens (including phenoxy) is 1. The fourth-order valence-electron chi connectivity index (χ4n) is 4.19. The maximum Gasteiger partial charge on any atom is 0.410 e. The first-order valence-corrected chi connectivity index (χ1v) is 13.3. The molecule has 2 heterocycles. The van der Waals surface area contributed by atoms with Crippen LogP contribution in [0, 0.1) is 0 Å². The SMILES string of the molecule is CNCCn1cc(NC(=O)c2c(Cl)cccc2Cl)c(C(=O)NC2CCN(C(=O)OCc3ccccc3)CC2)n1. The number of nitrogens with zero attached hydrogens (tertiary/aromatic N) is 3. The van der Waals surface area contributed by atoms with Crippen LogP contribution in [0.15, 0.2) is 54.7 Å². The molecule has 0 spiro atoms.